The summed E-state index contributed by atoms with van der Waals surface area (Å²) in [5.74, 6) is -1.20. The van der Waals surface area contributed by atoms with Crippen LogP contribution in [-0.2, 0) is 9.59 Å². The Kier molecular flexibility index (Phi) is 5.44. The lowest BCUT2D eigenvalue weighted by molar-refractivity contribution is -0.136. The predicted octanol–water partition coefficient (Wildman–Crippen LogP) is 3.21. The third kappa shape index (κ3) is 3.62. The minimum atomic E-state index is -0.980. The summed E-state index contributed by atoms with van der Waals surface area (Å²) in [7, 11) is 0. The highest BCUT2D eigenvalue weighted by Crippen LogP contribution is 2.34. The first kappa shape index (κ1) is 14.8. The van der Waals surface area contributed by atoms with Crippen LogP contribution in [0.1, 0.15) is 19.8 Å². The minimum absolute atomic E-state index is 0.0471. The lowest BCUT2D eigenvalue weighted by Crippen LogP contribution is -2.32. The van der Waals surface area contributed by atoms with E-state index in [0.29, 0.717) is 15.7 Å². The molecule has 0 aliphatic heterocycles. The summed E-state index contributed by atoms with van der Waals surface area (Å²) in [6.07, 6.45) is 0.0917. The Morgan fingerprint density at radius 2 is 1.83 bits per heavy atom. The molecule has 0 unspecified atom stereocenters. The van der Waals surface area contributed by atoms with Crippen LogP contribution in [-0.4, -0.2) is 23.5 Å². The van der Waals surface area contributed by atoms with Crippen molar-refractivity contribution in [3.63, 3.8) is 0 Å². The minimum Gasteiger partial charge on any atom is -0.481 e. The average molecular weight is 290 g/mol. The van der Waals surface area contributed by atoms with Gasteiger partial charge in [0.05, 0.1) is 22.2 Å². The molecule has 0 atom stereocenters. The zero-order valence-electron chi connectivity index (χ0n) is 9.82. The lowest BCUT2D eigenvalue weighted by Gasteiger charge is -2.23. The molecule has 1 aromatic carbocycles. The van der Waals surface area contributed by atoms with Gasteiger partial charge in [0, 0.05) is 13.0 Å². The van der Waals surface area contributed by atoms with Crippen LogP contribution in [0.3, 0.4) is 0 Å². The Labute approximate surface area is 115 Å². The number of carboxylic acid groups (broad SMARTS) is 1. The molecule has 1 N–H and O–H groups in total. The Morgan fingerprint density at radius 3 is 2.28 bits per heavy atom. The van der Waals surface area contributed by atoms with Crippen molar-refractivity contribution in [2.75, 3.05) is 11.4 Å². The number of hydrogen-bond donors (Lipinski definition) is 1. The van der Waals surface area contributed by atoms with Crippen LogP contribution in [0.5, 0.6) is 0 Å². The smallest absolute Gasteiger partial charge is 0.305 e. The first-order valence-corrected chi connectivity index (χ1v) is 6.19. The highest BCUT2D eigenvalue weighted by atomic mass is 35.5. The Bertz CT molecular complexity index is 442. The number of carbonyl (C=O) groups is 2. The van der Waals surface area contributed by atoms with Gasteiger partial charge in [-0.1, -0.05) is 36.2 Å². The zero-order chi connectivity index (χ0) is 13.7. The summed E-state index contributed by atoms with van der Waals surface area (Å²) >= 11 is 12.0. The Morgan fingerprint density at radius 1 is 1.28 bits per heavy atom. The number of anilines is 1. The van der Waals surface area contributed by atoms with Gasteiger partial charge in [0.1, 0.15) is 0 Å². The highest BCUT2D eigenvalue weighted by molar-refractivity contribution is 6.39. The molecule has 1 amide bonds. The third-order valence-corrected chi connectivity index (χ3v) is 2.97. The van der Waals surface area contributed by atoms with E-state index < -0.39 is 5.97 Å². The van der Waals surface area contributed by atoms with E-state index in [0.717, 1.165) is 0 Å². The molecule has 0 spiro atoms. The van der Waals surface area contributed by atoms with Crippen molar-refractivity contribution in [2.45, 2.75) is 19.8 Å². The summed E-state index contributed by atoms with van der Waals surface area (Å²) in [4.78, 5) is 23.8. The van der Waals surface area contributed by atoms with Crippen LogP contribution in [0.2, 0.25) is 10.0 Å². The molecule has 0 aliphatic carbocycles. The molecule has 0 heterocycles. The molecule has 0 aromatic heterocycles. The molecule has 1 aromatic rings. The fraction of sp³-hybridized carbons (Fsp3) is 0.333. The van der Waals surface area contributed by atoms with Crippen LogP contribution in [0.4, 0.5) is 5.69 Å². The van der Waals surface area contributed by atoms with Gasteiger partial charge >= 0.3 is 5.97 Å². The molecule has 0 bridgehead atoms. The molecule has 0 radical (unpaired) electrons. The first-order valence-electron chi connectivity index (χ1n) is 5.43. The van der Waals surface area contributed by atoms with Crippen molar-refractivity contribution < 1.29 is 14.7 Å². The van der Waals surface area contributed by atoms with E-state index in [9.17, 15) is 9.59 Å². The molecule has 4 nitrogen and oxygen atoms in total. The van der Waals surface area contributed by atoms with Gasteiger partial charge in [-0.15, -0.1) is 0 Å². The van der Waals surface area contributed by atoms with Gasteiger partial charge in [-0.25, -0.2) is 0 Å². The van der Waals surface area contributed by atoms with Crippen molar-refractivity contribution >= 4 is 40.8 Å². The van der Waals surface area contributed by atoms with E-state index in [4.69, 9.17) is 28.3 Å². The van der Waals surface area contributed by atoms with E-state index in [-0.39, 0.29) is 25.3 Å². The molecular formula is C12H13Cl2NO3. The Balaban J connectivity index is 3.09. The number of carbonyl (C=O) groups excluding carboxylic acids is 1. The molecule has 18 heavy (non-hydrogen) atoms. The van der Waals surface area contributed by atoms with Crippen LogP contribution in [0.15, 0.2) is 18.2 Å². The van der Waals surface area contributed by atoms with Crippen LogP contribution in [0, 0.1) is 0 Å². The number of nitrogens with zero attached hydrogens (tertiary/aromatic N) is 1. The van der Waals surface area contributed by atoms with Crippen molar-refractivity contribution in [1.82, 2.24) is 0 Å². The summed E-state index contributed by atoms with van der Waals surface area (Å²) < 4.78 is 0. The second-order valence-electron chi connectivity index (χ2n) is 3.61. The molecule has 6 heteroatoms. The number of amides is 1. The monoisotopic (exact) mass is 289 g/mol. The van der Waals surface area contributed by atoms with E-state index in [1.807, 2.05) is 0 Å². The quantitative estimate of drug-likeness (QED) is 0.905. The van der Waals surface area contributed by atoms with Gasteiger partial charge in [-0.05, 0) is 12.1 Å². The van der Waals surface area contributed by atoms with Gasteiger partial charge in [0.15, 0.2) is 0 Å². The number of hydrogen-bond acceptors (Lipinski definition) is 2. The standard InChI is InChI=1S/C12H13Cl2NO3/c1-2-10(16)15(7-6-11(17)18)12-8(13)4-3-5-9(12)14/h3-5H,2,6-7H2,1H3,(H,17,18). The average Bonchev–Trinajstić information content (AvgIpc) is 2.31. The van der Waals surface area contributed by atoms with Crippen molar-refractivity contribution in [3.05, 3.63) is 28.2 Å². The number of benzene rings is 1. The third-order valence-electron chi connectivity index (χ3n) is 2.36. The fourth-order valence-electron chi connectivity index (χ4n) is 1.51. The van der Waals surface area contributed by atoms with Gasteiger partial charge < -0.3 is 10.0 Å². The molecular weight excluding hydrogens is 277 g/mol. The van der Waals surface area contributed by atoms with Gasteiger partial charge in [-0.3, -0.25) is 9.59 Å². The van der Waals surface area contributed by atoms with E-state index in [1.165, 1.54) is 4.90 Å². The Hall–Kier alpha value is -1.26. The molecule has 0 fully saturated rings. The summed E-state index contributed by atoms with van der Waals surface area (Å²) in [5.41, 5.74) is 0.369. The normalized spacial score (nSPS) is 10.2. The predicted molar refractivity (Wildman–Crippen MR) is 71.4 cm³/mol. The zero-order valence-corrected chi connectivity index (χ0v) is 11.3. The number of rotatable bonds is 5. The van der Waals surface area contributed by atoms with E-state index in [1.54, 1.807) is 25.1 Å². The van der Waals surface area contributed by atoms with E-state index >= 15 is 0 Å². The van der Waals surface area contributed by atoms with Crippen molar-refractivity contribution in [2.24, 2.45) is 0 Å². The number of aliphatic carboxylic acids is 1. The second-order valence-corrected chi connectivity index (χ2v) is 4.43. The van der Waals surface area contributed by atoms with Crippen LogP contribution < -0.4 is 4.90 Å². The van der Waals surface area contributed by atoms with Crippen LogP contribution >= 0.6 is 23.2 Å². The number of halogens is 2. The number of para-hydroxylation sites is 1. The molecule has 98 valence electrons. The second kappa shape index (κ2) is 6.61. The highest BCUT2D eigenvalue weighted by Gasteiger charge is 2.20. The fourth-order valence-corrected chi connectivity index (χ4v) is 2.11. The maximum atomic E-state index is 11.8. The van der Waals surface area contributed by atoms with Gasteiger partial charge in [0.25, 0.3) is 0 Å². The maximum absolute atomic E-state index is 11.8. The maximum Gasteiger partial charge on any atom is 0.305 e. The van der Waals surface area contributed by atoms with E-state index in [2.05, 4.69) is 0 Å². The molecule has 0 aliphatic rings. The van der Waals surface area contributed by atoms with Gasteiger partial charge in [-0.2, -0.15) is 0 Å². The van der Waals surface area contributed by atoms with Crippen LogP contribution in [0.25, 0.3) is 0 Å². The van der Waals surface area contributed by atoms with Crippen molar-refractivity contribution in [1.29, 1.82) is 0 Å². The largest absolute Gasteiger partial charge is 0.481 e. The summed E-state index contributed by atoms with van der Waals surface area (Å²) in [6.45, 7) is 1.74. The SMILES string of the molecule is CCC(=O)N(CCC(=O)O)c1c(Cl)cccc1Cl. The number of carboxylic acids is 1. The molecule has 1 rings (SSSR count). The molecule has 0 saturated carbocycles. The lowest BCUT2D eigenvalue weighted by atomic mass is 10.2. The van der Waals surface area contributed by atoms with Gasteiger partial charge in [0.2, 0.25) is 5.91 Å². The summed E-state index contributed by atoms with van der Waals surface area (Å²) in [5, 5.41) is 9.36. The summed E-state index contributed by atoms with van der Waals surface area (Å²) in [6, 6.07) is 4.89. The molecule has 0 saturated heterocycles. The van der Waals surface area contributed by atoms with Crippen molar-refractivity contribution in [3.8, 4) is 0 Å². The first-order chi connectivity index (χ1) is 8.47. The topological polar surface area (TPSA) is 57.6 Å².